The fourth-order valence-corrected chi connectivity index (χ4v) is 1.39. The van der Waals surface area contributed by atoms with E-state index in [0.717, 1.165) is 26.2 Å². The van der Waals surface area contributed by atoms with E-state index in [0.29, 0.717) is 6.04 Å². The van der Waals surface area contributed by atoms with Gasteiger partial charge in [-0.2, -0.15) is 0 Å². The Morgan fingerprint density at radius 1 is 1.21 bits per heavy atom. The molecule has 0 saturated heterocycles. The summed E-state index contributed by atoms with van der Waals surface area (Å²) in [7, 11) is 3.99. The van der Waals surface area contributed by atoms with Crippen LogP contribution in [0.5, 0.6) is 0 Å². The molecule has 0 aromatic rings. The molecule has 1 atom stereocenters. The molecular weight excluding hydrogens is 176 g/mol. The third kappa shape index (κ3) is 8.48. The predicted octanol–water partition coefficient (Wildman–Crippen LogP) is 1.39. The molecule has 14 heavy (non-hydrogen) atoms. The zero-order valence-electron chi connectivity index (χ0n) is 9.94. The lowest BCUT2D eigenvalue weighted by molar-refractivity contribution is 0.107. The van der Waals surface area contributed by atoms with Gasteiger partial charge >= 0.3 is 0 Å². The molecule has 0 rings (SSSR count). The first-order chi connectivity index (χ1) is 6.85. The van der Waals surface area contributed by atoms with Crippen LogP contribution in [0, 0.1) is 0 Å². The Hall–Kier alpha value is -0.120. The van der Waals surface area contributed by atoms with Gasteiger partial charge in [0.2, 0.25) is 0 Å². The van der Waals surface area contributed by atoms with E-state index in [1.165, 1.54) is 19.3 Å². The van der Waals surface area contributed by atoms with Crippen LogP contribution in [0.2, 0.25) is 0 Å². The normalized spacial score (nSPS) is 13.1. The van der Waals surface area contributed by atoms with Gasteiger partial charge in [-0.15, -0.1) is 0 Å². The minimum atomic E-state index is 0.532. The quantitative estimate of drug-likeness (QED) is 0.525. The van der Waals surface area contributed by atoms with Gasteiger partial charge < -0.3 is 15.4 Å². The highest BCUT2D eigenvalue weighted by Gasteiger charge is 2.03. The first kappa shape index (κ1) is 13.9. The van der Waals surface area contributed by atoms with Crippen molar-refractivity contribution >= 4 is 0 Å². The first-order valence-corrected chi connectivity index (χ1v) is 5.74. The molecule has 86 valence electrons. The minimum Gasteiger partial charge on any atom is -0.380 e. The lowest BCUT2D eigenvalue weighted by atomic mass is 10.2. The summed E-state index contributed by atoms with van der Waals surface area (Å²) in [4.78, 5) is 0. The maximum atomic E-state index is 5.60. The highest BCUT2D eigenvalue weighted by atomic mass is 16.5. The molecule has 3 nitrogen and oxygen atoms in total. The van der Waals surface area contributed by atoms with E-state index in [1.54, 1.807) is 0 Å². The van der Waals surface area contributed by atoms with Gasteiger partial charge in [-0.1, -0.05) is 13.3 Å². The molecule has 2 N–H and O–H groups in total. The largest absolute Gasteiger partial charge is 0.380 e. The van der Waals surface area contributed by atoms with Gasteiger partial charge in [0.1, 0.15) is 0 Å². The third-order valence-corrected chi connectivity index (χ3v) is 2.33. The Labute approximate surface area is 88.6 Å². The van der Waals surface area contributed by atoms with Gasteiger partial charge in [-0.05, 0) is 39.9 Å². The van der Waals surface area contributed by atoms with Crippen molar-refractivity contribution in [1.29, 1.82) is 0 Å². The first-order valence-electron chi connectivity index (χ1n) is 5.74. The van der Waals surface area contributed by atoms with Gasteiger partial charge in [0.25, 0.3) is 0 Å². The Morgan fingerprint density at radius 2 is 2.00 bits per heavy atom. The Morgan fingerprint density at radius 3 is 2.57 bits per heavy atom. The number of likely N-dealkylation sites (N-methyl/N-ethyl adjacent to an activating group) is 1. The molecule has 0 saturated carbocycles. The average Bonchev–Trinajstić information content (AvgIpc) is 2.21. The smallest absolute Gasteiger partial charge is 0.0619 e. The summed E-state index contributed by atoms with van der Waals surface area (Å²) >= 11 is 0. The van der Waals surface area contributed by atoms with Gasteiger partial charge in [0, 0.05) is 12.6 Å². The minimum absolute atomic E-state index is 0.532. The molecule has 0 heterocycles. The van der Waals surface area contributed by atoms with Crippen molar-refractivity contribution in [1.82, 2.24) is 10.6 Å². The second kappa shape index (κ2) is 11.0. The number of rotatable bonds is 10. The molecule has 0 aromatic heterocycles. The Kier molecular flexibility index (Phi) is 10.9. The van der Waals surface area contributed by atoms with Gasteiger partial charge in [-0.3, -0.25) is 0 Å². The lowest BCUT2D eigenvalue weighted by Crippen LogP contribution is -2.30. The van der Waals surface area contributed by atoms with Crippen molar-refractivity contribution in [3.8, 4) is 0 Å². The molecular formula is C11H26N2O. The molecule has 0 aliphatic carbocycles. The van der Waals surface area contributed by atoms with Gasteiger partial charge in [0.05, 0.1) is 6.61 Å². The highest BCUT2D eigenvalue weighted by molar-refractivity contribution is 4.61. The van der Waals surface area contributed by atoms with Crippen molar-refractivity contribution in [2.24, 2.45) is 0 Å². The number of hydrogen-bond acceptors (Lipinski definition) is 3. The molecule has 1 unspecified atom stereocenters. The second-order valence-corrected chi connectivity index (χ2v) is 3.66. The zero-order chi connectivity index (χ0) is 10.6. The topological polar surface area (TPSA) is 33.3 Å². The number of ether oxygens (including phenoxy) is 1. The summed E-state index contributed by atoms with van der Waals surface area (Å²) in [6.07, 6.45) is 4.78. The number of unbranched alkanes of at least 4 members (excludes halogenated alkanes) is 1. The fraction of sp³-hybridized carbons (Fsp3) is 1.00. The summed E-state index contributed by atoms with van der Waals surface area (Å²) in [5, 5.41) is 6.40. The molecule has 0 radical (unpaired) electrons. The molecule has 0 aliphatic heterocycles. The van der Waals surface area contributed by atoms with Crippen LogP contribution in [0.15, 0.2) is 0 Å². The standard InChI is InChI=1S/C11H26N2O/c1-4-7-11(13-3)10-14-9-6-5-8-12-2/h11-13H,4-10H2,1-3H3. The number of hydrogen-bond donors (Lipinski definition) is 2. The monoisotopic (exact) mass is 202 g/mol. The van der Waals surface area contributed by atoms with E-state index in [2.05, 4.69) is 17.6 Å². The summed E-state index contributed by atoms with van der Waals surface area (Å²) in [6.45, 7) is 5.04. The van der Waals surface area contributed by atoms with Gasteiger partial charge in [0.15, 0.2) is 0 Å². The maximum absolute atomic E-state index is 5.60. The van der Waals surface area contributed by atoms with E-state index < -0.39 is 0 Å². The van der Waals surface area contributed by atoms with Crippen molar-refractivity contribution in [2.75, 3.05) is 33.9 Å². The lowest BCUT2D eigenvalue weighted by Gasteiger charge is -2.15. The highest BCUT2D eigenvalue weighted by Crippen LogP contribution is 1.97. The zero-order valence-corrected chi connectivity index (χ0v) is 9.94. The summed E-state index contributed by atoms with van der Waals surface area (Å²) in [6, 6.07) is 0.532. The number of nitrogens with one attached hydrogen (secondary N) is 2. The molecule has 0 spiro atoms. The van der Waals surface area contributed by atoms with Gasteiger partial charge in [-0.25, -0.2) is 0 Å². The van der Waals surface area contributed by atoms with Crippen LogP contribution in [-0.2, 0) is 4.74 Å². The molecule has 0 fully saturated rings. The summed E-state index contributed by atoms with van der Waals surface area (Å²) in [5.74, 6) is 0. The molecule has 3 heteroatoms. The van der Waals surface area contributed by atoms with Crippen LogP contribution in [0.3, 0.4) is 0 Å². The van der Waals surface area contributed by atoms with E-state index >= 15 is 0 Å². The Balaban J connectivity index is 3.15. The van der Waals surface area contributed by atoms with Crippen LogP contribution in [0.1, 0.15) is 32.6 Å². The van der Waals surface area contributed by atoms with E-state index in [1.807, 2.05) is 14.1 Å². The van der Waals surface area contributed by atoms with Crippen molar-refractivity contribution in [3.05, 3.63) is 0 Å². The second-order valence-electron chi connectivity index (χ2n) is 3.66. The van der Waals surface area contributed by atoms with E-state index in [9.17, 15) is 0 Å². The fourth-order valence-electron chi connectivity index (χ4n) is 1.39. The summed E-state index contributed by atoms with van der Waals surface area (Å²) < 4.78 is 5.60. The van der Waals surface area contributed by atoms with Crippen LogP contribution in [0.4, 0.5) is 0 Å². The van der Waals surface area contributed by atoms with Crippen molar-refractivity contribution in [2.45, 2.75) is 38.6 Å². The van der Waals surface area contributed by atoms with Crippen LogP contribution >= 0.6 is 0 Å². The summed E-state index contributed by atoms with van der Waals surface area (Å²) in [5.41, 5.74) is 0. The SMILES string of the molecule is CCCC(COCCCCNC)NC. The molecule has 0 bridgehead atoms. The van der Waals surface area contributed by atoms with Crippen LogP contribution < -0.4 is 10.6 Å². The molecule has 0 aliphatic rings. The van der Waals surface area contributed by atoms with Crippen molar-refractivity contribution in [3.63, 3.8) is 0 Å². The molecule has 0 amide bonds. The van der Waals surface area contributed by atoms with E-state index in [-0.39, 0.29) is 0 Å². The Bertz CT molecular complexity index is 109. The molecule has 0 aromatic carbocycles. The predicted molar refractivity (Wildman–Crippen MR) is 61.7 cm³/mol. The average molecular weight is 202 g/mol. The van der Waals surface area contributed by atoms with Crippen LogP contribution in [-0.4, -0.2) is 39.9 Å². The van der Waals surface area contributed by atoms with Crippen molar-refractivity contribution < 1.29 is 4.74 Å². The van der Waals surface area contributed by atoms with E-state index in [4.69, 9.17) is 4.74 Å². The maximum Gasteiger partial charge on any atom is 0.0619 e. The third-order valence-electron chi connectivity index (χ3n) is 2.33. The van der Waals surface area contributed by atoms with Crippen LogP contribution in [0.25, 0.3) is 0 Å².